The summed E-state index contributed by atoms with van der Waals surface area (Å²) in [7, 11) is 0. The van der Waals surface area contributed by atoms with Crippen molar-refractivity contribution in [1.82, 2.24) is 0 Å². The van der Waals surface area contributed by atoms with Gasteiger partial charge in [-0.3, -0.25) is 0 Å². The molecule has 88 valence electrons. The van der Waals surface area contributed by atoms with E-state index in [4.69, 9.17) is 0 Å². The zero-order valence-corrected chi connectivity index (χ0v) is 11.0. The summed E-state index contributed by atoms with van der Waals surface area (Å²) < 4.78 is 0. The maximum Gasteiger partial charge on any atom is 0.122 e. The van der Waals surface area contributed by atoms with Crippen molar-refractivity contribution in [2.24, 2.45) is 11.8 Å². The van der Waals surface area contributed by atoms with Crippen LogP contribution in [0, 0.1) is 11.8 Å². The maximum atomic E-state index is 9.74. The highest BCUT2D eigenvalue weighted by molar-refractivity contribution is 5.52. The first-order valence-corrected chi connectivity index (χ1v) is 6.14. The maximum absolute atomic E-state index is 9.74. The van der Waals surface area contributed by atoms with E-state index in [1.54, 1.807) is 11.1 Å². The first kappa shape index (κ1) is 14.4. The lowest BCUT2D eigenvalue weighted by Gasteiger charge is -2.20. The molecule has 0 bridgehead atoms. The van der Waals surface area contributed by atoms with Crippen LogP contribution in [0.1, 0.15) is 60.3 Å². The first-order valence-electron chi connectivity index (χ1n) is 6.14. The Labute approximate surface area is 95.0 Å². The molecule has 1 aliphatic carbocycles. The highest BCUT2D eigenvalue weighted by Gasteiger charge is 2.11. The molecule has 0 aromatic heterocycles. The van der Waals surface area contributed by atoms with Crippen LogP contribution in [-0.2, 0) is 4.79 Å². The largest absolute Gasteiger partial charge is 0.303 e. The number of allylic oxidation sites excluding steroid dienone is 2. The molecule has 0 aromatic carbocycles. The van der Waals surface area contributed by atoms with Gasteiger partial charge in [0, 0.05) is 5.92 Å². The van der Waals surface area contributed by atoms with Crippen molar-refractivity contribution >= 4 is 6.29 Å². The lowest BCUT2D eigenvalue weighted by Crippen LogP contribution is -2.04. The molecule has 0 aromatic rings. The molecule has 15 heavy (non-hydrogen) atoms. The van der Waals surface area contributed by atoms with Gasteiger partial charge in [-0.25, -0.2) is 0 Å². The van der Waals surface area contributed by atoms with Crippen LogP contribution in [0.2, 0.25) is 0 Å². The van der Waals surface area contributed by atoms with Crippen LogP contribution in [-0.4, -0.2) is 6.29 Å². The van der Waals surface area contributed by atoms with Gasteiger partial charge in [-0.05, 0) is 45.4 Å². The van der Waals surface area contributed by atoms with Crippen molar-refractivity contribution in [3.8, 4) is 0 Å². The van der Waals surface area contributed by atoms with Crippen molar-refractivity contribution < 1.29 is 4.79 Å². The van der Waals surface area contributed by atoms with Gasteiger partial charge >= 0.3 is 0 Å². The summed E-state index contributed by atoms with van der Waals surface area (Å²) in [5.74, 6) is 1.11. The number of hydrogen-bond acceptors (Lipinski definition) is 1. The Balaban J connectivity index is 0.000000288. The number of carbonyl (C=O) groups is 1. The Bertz CT molecular complexity index is 215. The summed E-state index contributed by atoms with van der Waals surface area (Å²) in [6.07, 6.45) is 6.09. The normalized spacial score (nSPS) is 22.9. The molecule has 1 nitrogen and oxygen atoms in total. The van der Waals surface area contributed by atoms with Crippen LogP contribution >= 0.6 is 0 Å². The molecule has 0 aliphatic heterocycles. The molecule has 0 N–H and O–H groups in total. The molecule has 1 rings (SSSR count). The lowest BCUT2D eigenvalue weighted by molar-refractivity contribution is -0.110. The third kappa shape index (κ3) is 5.76. The minimum Gasteiger partial charge on any atom is -0.303 e. The fourth-order valence-corrected chi connectivity index (χ4v) is 1.60. The molecule has 0 fully saturated rings. The highest BCUT2D eigenvalue weighted by Crippen LogP contribution is 2.28. The summed E-state index contributed by atoms with van der Waals surface area (Å²) in [4.78, 5) is 9.74. The molecule has 2 unspecified atom stereocenters. The average molecular weight is 210 g/mol. The quantitative estimate of drug-likeness (QED) is 0.488. The number of aldehydes is 1. The molecular weight excluding hydrogens is 184 g/mol. The van der Waals surface area contributed by atoms with E-state index in [1.165, 1.54) is 19.3 Å². The zero-order chi connectivity index (χ0) is 11.8. The topological polar surface area (TPSA) is 17.1 Å². The lowest BCUT2D eigenvalue weighted by atomic mass is 9.86. The van der Waals surface area contributed by atoms with Crippen LogP contribution in [0.3, 0.4) is 0 Å². The second-order valence-corrected chi connectivity index (χ2v) is 4.78. The van der Waals surface area contributed by atoms with Crippen molar-refractivity contribution in [2.45, 2.75) is 60.3 Å². The van der Waals surface area contributed by atoms with Crippen molar-refractivity contribution in [3.63, 3.8) is 0 Å². The number of carbonyl (C=O) groups excluding carboxylic acids is 1. The predicted molar refractivity (Wildman–Crippen MR) is 66.9 cm³/mol. The van der Waals surface area contributed by atoms with Gasteiger partial charge in [0.2, 0.25) is 0 Å². The zero-order valence-electron chi connectivity index (χ0n) is 11.0. The monoisotopic (exact) mass is 210 g/mol. The summed E-state index contributed by atoms with van der Waals surface area (Å²) in [5, 5.41) is 0. The average Bonchev–Trinajstić information content (AvgIpc) is 2.25. The summed E-state index contributed by atoms with van der Waals surface area (Å²) in [6.45, 7) is 10.8. The van der Waals surface area contributed by atoms with Crippen LogP contribution < -0.4 is 0 Å². The molecule has 0 saturated carbocycles. The van der Waals surface area contributed by atoms with Gasteiger partial charge < -0.3 is 4.79 Å². The minimum absolute atomic E-state index is 0.255. The predicted octanol–water partition coefficient (Wildman–Crippen LogP) is 4.37. The van der Waals surface area contributed by atoms with E-state index in [9.17, 15) is 4.79 Å². The van der Waals surface area contributed by atoms with E-state index in [-0.39, 0.29) is 5.92 Å². The standard InChI is InChI=1S/C9H16.C5H10O/c1-7-5-4-6-8(2)9(7)3;1-3-5(2)4-6/h7H,4-6H2,1-3H3;4-5H,3H2,1-2H3. The van der Waals surface area contributed by atoms with Gasteiger partial charge in [0.1, 0.15) is 6.29 Å². The molecule has 0 saturated heterocycles. The van der Waals surface area contributed by atoms with Gasteiger partial charge in [-0.1, -0.05) is 31.9 Å². The highest BCUT2D eigenvalue weighted by atomic mass is 16.1. The van der Waals surface area contributed by atoms with Crippen molar-refractivity contribution in [1.29, 1.82) is 0 Å². The third-order valence-corrected chi connectivity index (χ3v) is 3.48. The first-order chi connectivity index (χ1) is 7.02. The Morgan fingerprint density at radius 1 is 1.47 bits per heavy atom. The molecule has 2 atom stereocenters. The Hall–Kier alpha value is -0.590. The molecule has 0 radical (unpaired) electrons. The molecule has 0 amide bonds. The van der Waals surface area contributed by atoms with Crippen LogP contribution in [0.5, 0.6) is 0 Å². The van der Waals surface area contributed by atoms with Gasteiger partial charge in [0.25, 0.3) is 0 Å². The van der Waals surface area contributed by atoms with Crippen LogP contribution in [0.15, 0.2) is 11.1 Å². The van der Waals surface area contributed by atoms with E-state index < -0.39 is 0 Å². The van der Waals surface area contributed by atoms with Gasteiger partial charge in [-0.2, -0.15) is 0 Å². The fraction of sp³-hybridized carbons (Fsp3) is 0.786. The van der Waals surface area contributed by atoms with Crippen molar-refractivity contribution in [2.75, 3.05) is 0 Å². The van der Waals surface area contributed by atoms with E-state index in [2.05, 4.69) is 20.8 Å². The summed E-state index contributed by atoms with van der Waals surface area (Å²) in [5.41, 5.74) is 3.27. The second-order valence-electron chi connectivity index (χ2n) is 4.78. The Kier molecular flexibility index (Phi) is 7.37. The second kappa shape index (κ2) is 7.67. The number of rotatable bonds is 2. The number of hydrogen-bond donors (Lipinski definition) is 0. The molecule has 1 aliphatic rings. The van der Waals surface area contributed by atoms with Crippen LogP contribution in [0.4, 0.5) is 0 Å². The summed E-state index contributed by atoms with van der Waals surface area (Å²) >= 11 is 0. The molecule has 0 spiro atoms. The molecule has 1 heteroatoms. The fourth-order valence-electron chi connectivity index (χ4n) is 1.60. The van der Waals surface area contributed by atoms with E-state index in [1.807, 2.05) is 13.8 Å². The van der Waals surface area contributed by atoms with Crippen molar-refractivity contribution in [3.05, 3.63) is 11.1 Å². The Morgan fingerprint density at radius 2 is 2.07 bits per heavy atom. The molecular formula is C14H26O. The van der Waals surface area contributed by atoms with E-state index in [0.717, 1.165) is 18.6 Å². The minimum atomic E-state index is 0.255. The van der Waals surface area contributed by atoms with Gasteiger partial charge in [0.15, 0.2) is 0 Å². The Morgan fingerprint density at radius 3 is 2.33 bits per heavy atom. The van der Waals surface area contributed by atoms with Gasteiger partial charge in [-0.15, -0.1) is 0 Å². The third-order valence-electron chi connectivity index (χ3n) is 3.48. The summed E-state index contributed by atoms with van der Waals surface area (Å²) in [6, 6.07) is 0. The smallest absolute Gasteiger partial charge is 0.122 e. The van der Waals surface area contributed by atoms with E-state index >= 15 is 0 Å². The molecule has 0 heterocycles. The van der Waals surface area contributed by atoms with E-state index in [0.29, 0.717) is 0 Å². The van der Waals surface area contributed by atoms with Crippen LogP contribution in [0.25, 0.3) is 0 Å². The SMILES string of the molecule is CC1=C(C)C(C)CCC1.CCC(C)C=O. The van der Waals surface area contributed by atoms with Gasteiger partial charge in [0.05, 0.1) is 0 Å².